The van der Waals surface area contributed by atoms with Crippen LogP contribution in [-0.2, 0) is 0 Å². The van der Waals surface area contributed by atoms with Crippen LogP contribution in [-0.4, -0.2) is 19.5 Å². The highest BCUT2D eigenvalue weighted by atomic mass is 16.6. The van der Waals surface area contributed by atoms with E-state index in [9.17, 15) is 10.1 Å². The largest absolute Gasteiger partial charge is 0.340 e. The van der Waals surface area contributed by atoms with Crippen LogP contribution in [0.25, 0.3) is 5.69 Å². The summed E-state index contributed by atoms with van der Waals surface area (Å²) in [6, 6.07) is 9.97. The van der Waals surface area contributed by atoms with Crippen LogP contribution >= 0.6 is 0 Å². The Kier molecular flexibility index (Phi) is 3.30. The van der Waals surface area contributed by atoms with E-state index in [0.29, 0.717) is 11.5 Å². The first-order chi connectivity index (χ1) is 10.2. The number of hydrogen-bond acceptors (Lipinski definition) is 5. The molecule has 104 valence electrons. The van der Waals surface area contributed by atoms with Gasteiger partial charge in [-0.25, -0.2) is 9.97 Å². The highest BCUT2D eigenvalue weighted by molar-refractivity contribution is 5.60. The fourth-order valence-corrected chi connectivity index (χ4v) is 1.87. The average Bonchev–Trinajstić information content (AvgIpc) is 3.02. The van der Waals surface area contributed by atoms with Gasteiger partial charge in [0.05, 0.1) is 23.1 Å². The molecule has 0 unspecified atom stereocenters. The van der Waals surface area contributed by atoms with Crippen molar-refractivity contribution in [3.63, 3.8) is 0 Å². The first-order valence-corrected chi connectivity index (χ1v) is 6.18. The molecule has 2 heterocycles. The summed E-state index contributed by atoms with van der Waals surface area (Å²) in [4.78, 5) is 18.6. The second kappa shape index (κ2) is 5.41. The Balaban J connectivity index is 1.79. The van der Waals surface area contributed by atoms with E-state index in [0.717, 1.165) is 5.69 Å². The average molecular weight is 281 g/mol. The van der Waals surface area contributed by atoms with E-state index in [-0.39, 0.29) is 5.69 Å². The van der Waals surface area contributed by atoms with E-state index < -0.39 is 4.92 Å². The number of rotatable bonds is 4. The lowest BCUT2D eigenvalue weighted by Crippen LogP contribution is -1.97. The second-order valence-electron chi connectivity index (χ2n) is 4.30. The molecule has 2 aromatic heterocycles. The Morgan fingerprint density at radius 1 is 1.24 bits per heavy atom. The Hall–Kier alpha value is -3.22. The van der Waals surface area contributed by atoms with Crippen molar-refractivity contribution in [3.05, 3.63) is 71.4 Å². The third-order valence-electron chi connectivity index (χ3n) is 2.88. The number of benzene rings is 1. The fourth-order valence-electron chi connectivity index (χ4n) is 1.87. The van der Waals surface area contributed by atoms with E-state index in [2.05, 4.69) is 15.3 Å². The van der Waals surface area contributed by atoms with Gasteiger partial charge in [0.25, 0.3) is 5.69 Å². The van der Waals surface area contributed by atoms with Gasteiger partial charge in [0, 0.05) is 30.2 Å². The molecular formula is C14H11N5O2. The lowest BCUT2D eigenvalue weighted by atomic mass is 10.3. The smallest absolute Gasteiger partial charge is 0.271 e. The number of nitrogens with one attached hydrogen (secondary N) is 1. The number of non-ortho nitro benzene ring substituents is 1. The molecule has 0 atom stereocenters. The molecule has 0 aliphatic rings. The summed E-state index contributed by atoms with van der Waals surface area (Å²) < 4.78 is 1.84. The number of imidazole rings is 1. The summed E-state index contributed by atoms with van der Waals surface area (Å²) in [6.07, 6.45) is 6.89. The van der Waals surface area contributed by atoms with Crippen LogP contribution in [0.4, 0.5) is 17.2 Å². The summed E-state index contributed by atoms with van der Waals surface area (Å²) in [5.41, 5.74) is 1.54. The van der Waals surface area contributed by atoms with Gasteiger partial charge in [-0.2, -0.15) is 0 Å². The Morgan fingerprint density at radius 2 is 2.14 bits per heavy atom. The summed E-state index contributed by atoms with van der Waals surface area (Å²) >= 11 is 0. The molecule has 0 saturated heterocycles. The number of aromatic nitrogens is 3. The van der Waals surface area contributed by atoms with Crippen LogP contribution in [0.5, 0.6) is 0 Å². The van der Waals surface area contributed by atoms with E-state index in [1.165, 1.54) is 12.1 Å². The quantitative estimate of drug-likeness (QED) is 0.587. The summed E-state index contributed by atoms with van der Waals surface area (Å²) in [5, 5.41) is 13.8. The first kappa shape index (κ1) is 12.8. The monoisotopic (exact) mass is 281 g/mol. The SMILES string of the molecule is O=[N+]([O-])c1cccc(Nc2ccc(-n3ccnc3)cn2)c1. The number of nitro benzene ring substituents is 1. The maximum Gasteiger partial charge on any atom is 0.271 e. The van der Waals surface area contributed by atoms with Gasteiger partial charge in [-0.1, -0.05) is 6.07 Å². The van der Waals surface area contributed by atoms with Crippen molar-refractivity contribution in [1.82, 2.24) is 14.5 Å². The zero-order valence-electron chi connectivity index (χ0n) is 10.9. The zero-order valence-corrected chi connectivity index (χ0v) is 10.9. The Labute approximate surface area is 120 Å². The van der Waals surface area contributed by atoms with Gasteiger partial charge < -0.3 is 9.88 Å². The predicted molar refractivity (Wildman–Crippen MR) is 77.7 cm³/mol. The van der Waals surface area contributed by atoms with Crippen LogP contribution in [0, 0.1) is 10.1 Å². The molecule has 0 radical (unpaired) electrons. The van der Waals surface area contributed by atoms with Crippen LogP contribution in [0.15, 0.2) is 61.3 Å². The molecular weight excluding hydrogens is 270 g/mol. The standard InChI is InChI=1S/C14H11N5O2/c20-19(21)12-3-1-2-11(8-12)17-14-5-4-13(9-16-14)18-7-6-15-10-18/h1-10H,(H,16,17). The highest BCUT2D eigenvalue weighted by Crippen LogP contribution is 2.20. The molecule has 0 spiro atoms. The van der Waals surface area contributed by atoms with Crippen molar-refractivity contribution in [3.8, 4) is 5.69 Å². The van der Waals surface area contributed by atoms with Crippen LogP contribution in [0.1, 0.15) is 0 Å². The second-order valence-corrected chi connectivity index (χ2v) is 4.30. The predicted octanol–water partition coefficient (Wildman–Crippen LogP) is 2.92. The minimum atomic E-state index is -0.430. The topological polar surface area (TPSA) is 85.9 Å². The molecule has 21 heavy (non-hydrogen) atoms. The van der Waals surface area contributed by atoms with Crippen molar-refractivity contribution < 1.29 is 4.92 Å². The van der Waals surface area contributed by atoms with E-state index in [4.69, 9.17) is 0 Å². The molecule has 7 nitrogen and oxygen atoms in total. The number of hydrogen-bond donors (Lipinski definition) is 1. The molecule has 1 aromatic carbocycles. The first-order valence-electron chi connectivity index (χ1n) is 6.18. The van der Waals surface area contributed by atoms with Crippen molar-refractivity contribution in [2.45, 2.75) is 0 Å². The van der Waals surface area contributed by atoms with Gasteiger partial charge in [0.15, 0.2) is 0 Å². The van der Waals surface area contributed by atoms with Crippen molar-refractivity contribution in [2.75, 3.05) is 5.32 Å². The minimum Gasteiger partial charge on any atom is -0.340 e. The number of pyridine rings is 1. The zero-order chi connectivity index (χ0) is 14.7. The molecule has 0 saturated carbocycles. The maximum atomic E-state index is 10.7. The molecule has 7 heteroatoms. The molecule has 0 aliphatic heterocycles. The molecule has 0 fully saturated rings. The number of nitrogens with zero attached hydrogens (tertiary/aromatic N) is 4. The van der Waals surface area contributed by atoms with Gasteiger partial charge in [-0.3, -0.25) is 10.1 Å². The lowest BCUT2D eigenvalue weighted by Gasteiger charge is -2.07. The van der Waals surface area contributed by atoms with Gasteiger partial charge in [0.2, 0.25) is 0 Å². The van der Waals surface area contributed by atoms with E-state index in [1.54, 1.807) is 36.9 Å². The molecule has 3 rings (SSSR count). The number of nitro groups is 1. The van der Waals surface area contributed by atoms with E-state index >= 15 is 0 Å². The summed E-state index contributed by atoms with van der Waals surface area (Å²) in [7, 11) is 0. The van der Waals surface area contributed by atoms with Crippen molar-refractivity contribution >= 4 is 17.2 Å². The Morgan fingerprint density at radius 3 is 2.81 bits per heavy atom. The molecule has 3 aromatic rings. The van der Waals surface area contributed by atoms with Gasteiger partial charge >= 0.3 is 0 Å². The third-order valence-corrected chi connectivity index (χ3v) is 2.88. The van der Waals surface area contributed by atoms with Crippen LogP contribution in [0.3, 0.4) is 0 Å². The molecule has 0 bridgehead atoms. The summed E-state index contributed by atoms with van der Waals surface area (Å²) in [6.45, 7) is 0. The van der Waals surface area contributed by atoms with Gasteiger partial charge in [-0.15, -0.1) is 0 Å². The highest BCUT2D eigenvalue weighted by Gasteiger charge is 2.06. The van der Waals surface area contributed by atoms with Gasteiger partial charge in [-0.05, 0) is 18.2 Å². The molecule has 0 amide bonds. The molecule has 0 aliphatic carbocycles. The van der Waals surface area contributed by atoms with Crippen LogP contribution < -0.4 is 5.32 Å². The number of anilines is 2. The van der Waals surface area contributed by atoms with Crippen molar-refractivity contribution in [1.29, 1.82) is 0 Å². The third kappa shape index (κ3) is 2.86. The lowest BCUT2D eigenvalue weighted by molar-refractivity contribution is -0.384. The summed E-state index contributed by atoms with van der Waals surface area (Å²) in [5.74, 6) is 0.611. The Bertz CT molecular complexity index is 753. The van der Waals surface area contributed by atoms with Crippen LogP contribution in [0.2, 0.25) is 0 Å². The maximum absolute atomic E-state index is 10.7. The fraction of sp³-hybridized carbons (Fsp3) is 0. The minimum absolute atomic E-state index is 0.0371. The van der Waals surface area contributed by atoms with Gasteiger partial charge in [0.1, 0.15) is 5.82 Å². The molecule has 1 N–H and O–H groups in total. The normalized spacial score (nSPS) is 10.3. The van der Waals surface area contributed by atoms with E-state index in [1.807, 2.05) is 16.8 Å². The van der Waals surface area contributed by atoms with Crippen molar-refractivity contribution in [2.24, 2.45) is 0 Å².